The normalized spacial score (nSPS) is 10.2. The lowest BCUT2D eigenvalue weighted by Gasteiger charge is -2.09. The van der Waals surface area contributed by atoms with Gasteiger partial charge in [0.05, 0.1) is 6.61 Å². The highest BCUT2D eigenvalue weighted by molar-refractivity contribution is 7.80. The fraction of sp³-hybridized carbons (Fsp3) is 0.300. The largest absolute Gasteiger partial charge is 0.389 e. The van der Waals surface area contributed by atoms with Gasteiger partial charge in [-0.2, -0.15) is 0 Å². The van der Waals surface area contributed by atoms with E-state index >= 15 is 0 Å². The smallest absolute Gasteiger partial charge is 0.150 e. The highest BCUT2D eigenvalue weighted by atomic mass is 32.1. The minimum Gasteiger partial charge on any atom is -0.389 e. The molecule has 1 aromatic rings. The van der Waals surface area contributed by atoms with Crippen LogP contribution in [0.3, 0.4) is 0 Å². The summed E-state index contributed by atoms with van der Waals surface area (Å²) in [4.78, 5) is -0.0405. The Morgan fingerprint density at radius 1 is 1.44 bits per heavy atom. The van der Waals surface area contributed by atoms with Gasteiger partial charge in [0.1, 0.15) is 22.3 Å². The molecule has 3 N–H and O–H groups in total. The average Bonchev–Trinajstić information content (AvgIpc) is 2.21. The molecular weight excluding hydrogens is 234 g/mol. The van der Waals surface area contributed by atoms with Crippen LogP contribution in [0.25, 0.3) is 0 Å². The lowest BCUT2D eigenvalue weighted by Crippen LogP contribution is -2.14. The zero-order chi connectivity index (χ0) is 12.1. The predicted octanol–water partition coefficient (Wildman–Crippen LogP) is 1.66. The molecule has 0 aromatic heterocycles. The van der Waals surface area contributed by atoms with Gasteiger partial charge in [-0.05, 0) is 12.1 Å². The number of ether oxygens (including phenoxy) is 1. The van der Waals surface area contributed by atoms with E-state index in [4.69, 9.17) is 10.5 Å². The first-order valence-electron chi connectivity index (χ1n) is 4.58. The van der Waals surface area contributed by atoms with Crippen LogP contribution >= 0.6 is 12.2 Å². The number of nitrogens with two attached hydrogens (primary N) is 1. The lowest BCUT2D eigenvalue weighted by atomic mass is 10.2. The van der Waals surface area contributed by atoms with E-state index in [2.05, 4.69) is 17.5 Å². The van der Waals surface area contributed by atoms with Gasteiger partial charge >= 0.3 is 0 Å². The van der Waals surface area contributed by atoms with Crippen molar-refractivity contribution in [2.24, 2.45) is 5.73 Å². The van der Waals surface area contributed by atoms with Crippen LogP contribution < -0.4 is 11.1 Å². The average molecular weight is 246 g/mol. The van der Waals surface area contributed by atoms with Crippen LogP contribution in [-0.4, -0.2) is 25.2 Å². The Morgan fingerprint density at radius 3 is 2.44 bits per heavy atom. The zero-order valence-corrected chi connectivity index (χ0v) is 9.54. The molecule has 0 saturated carbocycles. The van der Waals surface area contributed by atoms with Crippen LogP contribution in [-0.2, 0) is 4.74 Å². The summed E-state index contributed by atoms with van der Waals surface area (Å²) in [6.07, 6.45) is 0. The van der Waals surface area contributed by atoms with Crippen LogP contribution in [0.4, 0.5) is 14.5 Å². The van der Waals surface area contributed by atoms with Crippen LogP contribution in [0.1, 0.15) is 5.56 Å². The van der Waals surface area contributed by atoms with Crippen LogP contribution in [0.15, 0.2) is 12.1 Å². The van der Waals surface area contributed by atoms with Crippen molar-refractivity contribution in [3.05, 3.63) is 29.3 Å². The van der Waals surface area contributed by atoms with Crippen molar-refractivity contribution < 1.29 is 13.5 Å². The summed E-state index contributed by atoms with van der Waals surface area (Å²) < 4.78 is 31.6. The van der Waals surface area contributed by atoms with Crippen molar-refractivity contribution in [3.63, 3.8) is 0 Å². The number of benzene rings is 1. The third kappa shape index (κ3) is 3.11. The fourth-order valence-corrected chi connectivity index (χ4v) is 1.28. The van der Waals surface area contributed by atoms with Crippen molar-refractivity contribution in [3.8, 4) is 0 Å². The first-order valence-corrected chi connectivity index (χ1v) is 4.98. The Hall–Kier alpha value is -1.27. The third-order valence-corrected chi connectivity index (χ3v) is 2.17. The first kappa shape index (κ1) is 12.8. The molecule has 0 aliphatic rings. The van der Waals surface area contributed by atoms with E-state index in [0.29, 0.717) is 13.2 Å². The van der Waals surface area contributed by atoms with Crippen molar-refractivity contribution in [1.82, 2.24) is 0 Å². The third-order valence-electron chi connectivity index (χ3n) is 1.93. The topological polar surface area (TPSA) is 47.3 Å². The van der Waals surface area contributed by atoms with E-state index in [1.165, 1.54) is 7.11 Å². The van der Waals surface area contributed by atoms with Gasteiger partial charge in [-0.15, -0.1) is 0 Å². The second kappa shape index (κ2) is 5.72. The fourth-order valence-electron chi connectivity index (χ4n) is 1.16. The second-order valence-corrected chi connectivity index (χ2v) is 3.54. The Kier molecular flexibility index (Phi) is 4.57. The van der Waals surface area contributed by atoms with Gasteiger partial charge < -0.3 is 15.8 Å². The van der Waals surface area contributed by atoms with E-state index in [1.54, 1.807) is 0 Å². The number of thiocarbonyl (C=S) groups is 1. The molecule has 88 valence electrons. The Labute approximate surface area is 97.6 Å². The summed E-state index contributed by atoms with van der Waals surface area (Å²) in [5, 5.41) is 2.59. The minimum absolute atomic E-state index is 0.0405. The van der Waals surface area contributed by atoms with Gasteiger partial charge in [0.2, 0.25) is 0 Å². The van der Waals surface area contributed by atoms with E-state index in [-0.39, 0.29) is 16.2 Å². The number of nitrogens with one attached hydrogen (secondary N) is 1. The molecule has 0 aliphatic heterocycles. The van der Waals surface area contributed by atoms with Crippen molar-refractivity contribution in [2.75, 3.05) is 25.6 Å². The van der Waals surface area contributed by atoms with Crippen LogP contribution in [0.5, 0.6) is 0 Å². The molecule has 3 nitrogen and oxygen atoms in total. The highest BCUT2D eigenvalue weighted by Crippen LogP contribution is 2.20. The summed E-state index contributed by atoms with van der Waals surface area (Å²) in [6, 6.07) is 2.20. The van der Waals surface area contributed by atoms with E-state index in [0.717, 1.165) is 12.1 Å². The quantitative estimate of drug-likeness (QED) is 0.612. The molecule has 0 aliphatic carbocycles. The SMILES string of the molecule is COCCNc1c(F)cc(C(N)=S)cc1F. The van der Waals surface area contributed by atoms with Crippen molar-refractivity contribution in [2.45, 2.75) is 0 Å². The first-order chi connectivity index (χ1) is 7.56. The highest BCUT2D eigenvalue weighted by Gasteiger charge is 2.11. The predicted molar refractivity (Wildman–Crippen MR) is 62.6 cm³/mol. The molecule has 1 rings (SSSR count). The molecule has 0 radical (unpaired) electrons. The zero-order valence-electron chi connectivity index (χ0n) is 8.72. The van der Waals surface area contributed by atoms with E-state index in [1.807, 2.05) is 0 Å². The van der Waals surface area contributed by atoms with Crippen molar-refractivity contribution in [1.29, 1.82) is 0 Å². The molecule has 6 heteroatoms. The molecule has 0 bridgehead atoms. The van der Waals surface area contributed by atoms with Gasteiger partial charge in [-0.1, -0.05) is 12.2 Å². The number of halogens is 2. The van der Waals surface area contributed by atoms with E-state index in [9.17, 15) is 8.78 Å². The molecule has 0 saturated heterocycles. The molecule has 0 fully saturated rings. The molecule has 1 aromatic carbocycles. The molecule has 0 spiro atoms. The summed E-state index contributed by atoms with van der Waals surface area (Å²) >= 11 is 4.63. The lowest BCUT2D eigenvalue weighted by molar-refractivity contribution is 0.210. The number of hydrogen-bond acceptors (Lipinski definition) is 3. The van der Waals surface area contributed by atoms with Gasteiger partial charge in [-0.25, -0.2) is 8.78 Å². The molecule has 16 heavy (non-hydrogen) atoms. The monoisotopic (exact) mass is 246 g/mol. The number of methoxy groups -OCH3 is 1. The summed E-state index contributed by atoms with van der Waals surface area (Å²) in [5.41, 5.74) is 5.25. The van der Waals surface area contributed by atoms with Crippen LogP contribution in [0, 0.1) is 11.6 Å². The second-order valence-electron chi connectivity index (χ2n) is 3.10. The maximum absolute atomic E-state index is 13.4. The Balaban J connectivity index is 2.89. The van der Waals surface area contributed by atoms with Gasteiger partial charge in [0, 0.05) is 19.2 Å². The molecular formula is C10H12F2N2OS. The standard InChI is InChI=1S/C10H12F2N2OS/c1-15-3-2-14-9-7(11)4-6(10(13)16)5-8(9)12/h4-5,14H,2-3H2,1H3,(H2,13,16). The van der Waals surface area contributed by atoms with Gasteiger partial charge in [0.15, 0.2) is 0 Å². The molecule has 0 atom stereocenters. The molecule has 0 unspecified atom stereocenters. The number of anilines is 1. The minimum atomic E-state index is -0.723. The number of rotatable bonds is 5. The van der Waals surface area contributed by atoms with Crippen LogP contribution in [0.2, 0.25) is 0 Å². The molecule has 0 heterocycles. The summed E-state index contributed by atoms with van der Waals surface area (Å²) in [7, 11) is 1.50. The van der Waals surface area contributed by atoms with Gasteiger partial charge in [0.25, 0.3) is 0 Å². The van der Waals surface area contributed by atoms with E-state index < -0.39 is 11.6 Å². The molecule has 0 amide bonds. The summed E-state index contributed by atoms with van der Waals surface area (Å²) in [6.45, 7) is 0.673. The van der Waals surface area contributed by atoms with Crippen molar-refractivity contribution >= 4 is 22.9 Å². The van der Waals surface area contributed by atoms with Gasteiger partial charge in [-0.3, -0.25) is 0 Å². The number of hydrogen-bond donors (Lipinski definition) is 2. The summed E-state index contributed by atoms with van der Waals surface area (Å²) in [5.74, 6) is -1.45. The maximum Gasteiger partial charge on any atom is 0.150 e. The Morgan fingerprint density at radius 2 is 2.00 bits per heavy atom. The maximum atomic E-state index is 13.4. The Bertz CT molecular complexity index is 375.